The van der Waals surface area contributed by atoms with E-state index in [1.165, 1.54) is 83.5 Å². The minimum atomic E-state index is -0.717. The van der Waals surface area contributed by atoms with Crippen molar-refractivity contribution in [3.8, 4) is 0 Å². The summed E-state index contributed by atoms with van der Waals surface area (Å²) in [6.45, 7) is 2.27. The number of hydrogen-bond acceptors (Lipinski definition) is 3. The Balaban J connectivity index is 3.24. The number of carboxylic acid groups (broad SMARTS) is 1. The van der Waals surface area contributed by atoms with E-state index in [9.17, 15) is 4.79 Å². The molecule has 0 amide bonds. The van der Waals surface area contributed by atoms with E-state index in [1.807, 2.05) is 6.26 Å². The SMILES string of the molecule is CCCCCCCCCCCCCC[CH2][Co][NH][C@@H](CCSC)C(=O)O. The van der Waals surface area contributed by atoms with Crippen LogP contribution in [-0.2, 0) is 19.7 Å². The van der Waals surface area contributed by atoms with Gasteiger partial charge >= 0.3 is 147 Å². The van der Waals surface area contributed by atoms with Crippen LogP contribution in [0.5, 0.6) is 0 Å². The number of thioether (sulfide) groups is 1. The second kappa shape index (κ2) is 20.6. The number of unbranched alkanes of at least 4 members (excludes halogenated alkanes) is 12. The second-order valence-electron chi connectivity index (χ2n) is 6.80. The van der Waals surface area contributed by atoms with Gasteiger partial charge in [0.05, 0.1) is 0 Å². The summed E-state index contributed by atoms with van der Waals surface area (Å²) in [6.07, 6.45) is 20.6. The van der Waals surface area contributed by atoms with Gasteiger partial charge in [-0.3, -0.25) is 0 Å². The van der Waals surface area contributed by atoms with Crippen LogP contribution in [0.3, 0.4) is 0 Å². The Bertz CT molecular complexity index is 293. The van der Waals surface area contributed by atoms with Crippen LogP contribution in [0.2, 0.25) is 5.36 Å². The van der Waals surface area contributed by atoms with Crippen molar-refractivity contribution in [2.75, 3.05) is 12.0 Å². The van der Waals surface area contributed by atoms with Gasteiger partial charge < -0.3 is 0 Å². The molecular formula is C20H41CoNO2S. The summed E-state index contributed by atoms with van der Waals surface area (Å²) in [4.78, 5) is 11.1. The van der Waals surface area contributed by atoms with Gasteiger partial charge in [-0.25, -0.2) is 0 Å². The molecule has 0 rings (SSSR count). The van der Waals surface area contributed by atoms with Crippen LogP contribution in [0.1, 0.15) is 96.8 Å². The molecule has 3 nitrogen and oxygen atoms in total. The van der Waals surface area contributed by atoms with Crippen molar-refractivity contribution in [2.24, 2.45) is 0 Å². The first-order valence-corrected chi connectivity index (χ1v) is 12.9. The first-order chi connectivity index (χ1) is 12.2. The summed E-state index contributed by atoms with van der Waals surface area (Å²) in [7, 11) is 0. The fourth-order valence-electron chi connectivity index (χ4n) is 2.74. The van der Waals surface area contributed by atoms with Crippen LogP contribution < -0.4 is 4.37 Å². The molecule has 0 aromatic heterocycles. The molecule has 0 spiro atoms. The topological polar surface area (TPSA) is 49.3 Å². The number of hydrogen-bond donors (Lipinski definition) is 2. The van der Waals surface area contributed by atoms with E-state index < -0.39 is 5.97 Å². The first-order valence-electron chi connectivity index (χ1n) is 10.2. The van der Waals surface area contributed by atoms with Crippen molar-refractivity contribution >= 4 is 17.7 Å². The first kappa shape index (κ1) is 25.3. The number of aliphatic carboxylic acids is 1. The molecule has 0 aromatic carbocycles. The molecule has 0 fully saturated rings. The van der Waals surface area contributed by atoms with Gasteiger partial charge in [0.1, 0.15) is 0 Å². The van der Waals surface area contributed by atoms with Gasteiger partial charge in [-0.05, 0) is 0 Å². The second-order valence-corrected chi connectivity index (χ2v) is 8.97. The summed E-state index contributed by atoms with van der Waals surface area (Å²) in [6, 6.07) is -0.380. The third-order valence-corrected chi connectivity index (χ3v) is 6.25. The maximum absolute atomic E-state index is 11.1. The zero-order valence-electron chi connectivity index (χ0n) is 16.5. The molecule has 5 heteroatoms. The molecule has 0 aliphatic carbocycles. The number of rotatable bonds is 20. The Hall–Kier alpha value is 0.286. The average Bonchev–Trinajstić information content (AvgIpc) is 2.60. The maximum atomic E-state index is 11.1. The predicted octanol–water partition coefficient (Wildman–Crippen LogP) is 6.29. The monoisotopic (exact) mass is 418 g/mol. The number of carbonyl (C=O) groups is 1. The van der Waals surface area contributed by atoms with Crippen LogP contribution in [0, 0.1) is 0 Å². The van der Waals surface area contributed by atoms with E-state index in [-0.39, 0.29) is 6.04 Å². The Morgan fingerprint density at radius 1 is 0.920 bits per heavy atom. The molecular weight excluding hydrogens is 377 g/mol. The minimum absolute atomic E-state index is 0.380. The summed E-state index contributed by atoms with van der Waals surface area (Å²) in [5.41, 5.74) is 0. The summed E-state index contributed by atoms with van der Waals surface area (Å²) in [5.74, 6) is 0.184. The predicted molar refractivity (Wildman–Crippen MR) is 108 cm³/mol. The Morgan fingerprint density at radius 3 is 1.84 bits per heavy atom. The fourth-order valence-corrected chi connectivity index (χ4v) is 4.34. The van der Waals surface area contributed by atoms with Crippen molar-refractivity contribution in [1.82, 2.24) is 4.37 Å². The Kier molecular flexibility index (Phi) is 20.8. The van der Waals surface area contributed by atoms with Crippen LogP contribution >= 0.6 is 11.8 Å². The van der Waals surface area contributed by atoms with Crippen LogP contribution in [0.4, 0.5) is 0 Å². The molecule has 25 heavy (non-hydrogen) atoms. The Morgan fingerprint density at radius 2 is 1.40 bits per heavy atom. The molecule has 0 aliphatic heterocycles. The zero-order chi connectivity index (χ0) is 18.6. The van der Waals surface area contributed by atoms with Crippen molar-refractivity contribution in [2.45, 2.75) is 108 Å². The van der Waals surface area contributed by atoms with E-state index in [4.69, 9.17) is 5.11 Å². The standard InChI is InChI=1S/C15H31.C5H10NO2S.Co/c1-3-5-7-9-11-13-15-14-12-10-8-6-4-2;1-9-3-2-4(6)5(7)8;/h1,3-15H2,2H3;4,6H,2-3H2,1H3,(H,7,8);/q;-1;+1/t;4-;/m.0./s1. The van der Waals surface area contributed by atoms with Gasteiger partial charge in [0, 0.05) is 0 Å². The number of carboxylic acids is 1. The molecule has 0 radical (unpaired) electrons. The van der Waals surface area contributed by atoms with Gasteiger partial charge in [0.25, 0.3) is 0 Å². The molecule has 0 saturated carbocycles. The van der Waals surface area contributed by atoms with E-state index in [2.05, 4.69) is 11.3 Å². The van der Waals surface area contributed by atoms with Gasteiger partial charge in [0.15, 0.2) is 0 Å². The van der Waals surface area contributed by atoms with E-state index in [1.54, 1.807) is 11.8 Å². The van der Waals surface area contributed by atoms with Gasteiger partial charge in [-0.15, -0.1) is 0 Å². The molecule has 0 unspecified atom stereocenters. The van der Waals surface area contributed by atoms with Crippen LogP contribution in [0.15, 0.2) is 0 Å². The van der Waals surface area contributed by atoms with Crippen molar-refractivity contribution in [3.63, 3.8) is 0 Å². The summed E-state index contributed by atoms with van der Waals surface area (Å²) >= 11 is 2.82. The molecule has 1 atom stereocenters. The molecule has 0 bridgehead atoms. The quantitative estimate of drug-likeness (QED) is 0.228. The van der Waals surface area contributed by atoms with Crippen molar-refractivity contribution in [3.05, 3.63) is 0 Å². The molecule has 0 aliphatic rings. The summed E-state index contributed by atoms with van der Waals surface area (Å²) < 4.78 is 3.15. The molecule has 153 valence electrons. The van der Waals surface area contributed by atoms with Gasteiger partial charge in [-0.2, -0.15) is 0 Å². The normalized spacial score (nSPS) is 12.6. The van der Waals surface area contributed by atoms with Gasteiger partial charge in [-0.1, -0.05) is 19.8 Å². The van der Waals surface area contributed by atoms with E-state index >= 15 is 0 Å². The zero-order valence-corrected chi connectivity index (χ0v) is 18.3. The molecule has 2 N–H and O–H groups in total. The number of nitrogens with one attached hydrogen (secondary N) is 1. The molecule has 0 heterocycles. The van der Waals surface area contributed by atoms with Crippen LogP contribution in [0.25, 0.3) is 0 Å². The van der Waals surface area contributed by atoms with Gasteiger partial charge in [0.2, 0.25) is 0 Å². The third-order valence-electron chi connectivity index (χ3n) is 4.40. The average molecular weight is 419 g/mol. The van der Waals surface area contributed by atoms with E-state index in [0.717, 1.165) is 26.0 Å². The molecule has 0 aromatic rings. The van der Waals surface area contributed by atoms with Crippen molar-refractivity contribution in [1.29, 1.82) is 0 Å². The van der Waals surface area contributed by atoms with Crippen molar-refractivity contribution < 1.29 is 24.8 Å². The van der Waals surface area contributed by atoms with E-state index in [0.29, 0.717) is 6.42 Å². The Labute approximate surface area is 167 Å². The third kappa shape index (κ3) is 18.9. The molecule has 0 saturated heterocycles. The summed E-state index contributed by atoms with van der Waals surface area (Å²) in [5, 5.41) is 10.2. The van der Waals surface area contributed by atoms with Crippen LogP contribution in [-0.4, -0.2) is 29.1 Å². The fraction of sp³-hybridized carbons (Fsp3) is 0.950.